The quantitative estimate of drug-likeness (QED) is 0.863. The van der Waals surface area contributed by atoms with Crippen LogP contribution in [0.3, 0.4) is 0 Å². The van der Waals surface area contributed by atoms with Gasteiger partial charge in [-0.25, -0.2) is 0 Å². The first-order chi connectivity index (χ1) is 9.22. The van der Waals surface area contributed by atoms with E-state index in [0.29, 0.717) is 23.1 Å². The minimum Gasteiger partial charge on any atom is -0.487 e. The molecule has 0 amide bonds. The number of rotatable bonds is 3. The van der Waals surface area contributed by atoms with Crippen LogP contribution in [-0.2, 0) is 6.61 Å². The van der Waals surface area contributed by atoms with Gasteiger partial charge in [0.05, 0.1) is 11.2 Å². The maximum atomic E-state index is 6.10. The van der Waals surface area contributed by atoms with Crippen molar-refractivity contribution in [1.29, 1.82) is 0 Å². The van der Waals surface area contributed by atoms with Gasteiger partial charge in [-0.1, -0.05) is 11.6 Å². The Labute approximate surface area is 115 Å². The molecule has 1 aliphatic rings. The topological polar surface area (TPSA) is 40.6 Å². The Balaban J connectivity index is 1.73. The van der Waals surface area contributed by atoms with Crippen LogP contribution in [0.1, 0.15) is 11.3 Å². The lowest BCUT2D eigenvalue weighted by Gasteiger charge is -2.08. The lowest BCUT2D eigenvalue weighted by molar-refractivity contribution is 0.174. The Bertz CT molecular complexity index is 598. The fraction of sp³-hybridized carbons (Fsp3) is 0.214. The summed E-state index contributed by atoms with van der Waals surface area (Å²) in [7, 11) is 0. The van der Waals surface area contributed by atoms with Crippen LogP contribution in [0.4, 0.5) is 0 Å². The van der Waals surface area contributed by atoms with Crippen molar-refractivity contribution < 1.29 is 14.2 Å². The summed E-state index contributed by atoms with van der Waals surface area (Å²) in [5.41, 5.74) is 1.88. The van der Waals surface area contributed by atoms with Crippen molar-refractivity contribution >= 4 is 11.6 Å². The van der Waals surface area contributed by atoms with Crippen LogP contribution < -0.4 is 14.2 Å². The maximum absolute atomic E-state index is 6.10. The van der Waals surface area contributed by atoms with Gasteiger partial charge in [0.1, 0.15) is 12.4 Å². The highest BCUT2D eigenvalue weighted by molar-refractivity contribution is 6.32. The number of nitrogens with zero attached hydrogens (tertiary/aromatic N) is 1. The van der Waals surface area contributed by atoms with Gasteiger partial charge in [0.2, 0.25) is 6.79 Å². The monoisotopic (exact) mass is 277 g/mol. The third-order valence-corrected chi connectivity index (χ3v) is 3.06. The summed E-state index contributed by atoms with van der Waals surface area (Å²) in [6.07, 6.45) is 1.70. The summed E-state index contributed by atoms with van der Waals surface area (Å²) >= 11 is 6.10. The van der Waals surface area contributed by atoms with Crippen LogP contribution in [0.2, 0.25) is 5.02 Å². The summed E-state index contributed by atoms with van der Waals surface area (Å²) in [6.45, 7) is 2.55. The van der Waals surface area contributed by atoms with Crippen molar-refractivity contribution in [2.75, 3.05) is 6.79 Å². The normalized spacial score (nSPS) is 12.5. The molecule has 0 fully saturated rings. The summed E-state index contributed by atoms with van der Waals surface area (Å²) < 4.78 is 16.2. The molecule has 2 heterocycles. The SMILES string of the molecule is Cc1ccc(OCc2cc(Cl)c3c(c2)OCO3)cn1. The molecule has 1 aromatic carbocycles. The van der Waals surface area contributed by atoms with Crippen molar-refractivity contribution in [2.45, 2.75) is 13.5 Å². The molecule has 0 saturated heterocycles. The Kier molecular flexibility index (Phi) is 3.17. The predicted molar refractivity (Wildman–Crippen MR) is 70.9 cm³/mol. The van der Waals surface area contributed by atoms with Gasteiger partial charge in [-0.05, 0) is 36.8 Å². The first kappa shape index (κ1) is 12.1. The number of hydrogen-bond acceptors (Lipinski definition) is 4. The number of ether oxygens (including phenoxy) is 3. The molecule has 0 bridgehead atoms. The molecule has 3 rings (SSSR count). The van der Waals surface area contributed by atoms with E-state index in [1.165, 1.54) is 0 Å². The molecule has 4 nitrogen and oxygen atoms in total. The highest BCUT2D eigenvalue weighted by Gasteiger charge is 2.18. The highest BCUT2D eigenvalue weighted by Crippen LogP contribution is 2.39. The van der Waals surface area contributed by atoms with E-state index in [1.54, 1.807) is 6.20 Å². The molecule has 0 N–H and O–H groups in total. The van der Waals surface area contributed by atoms with Crippen LogP contribution in [0.5, 0.6) is 17.2 Å². The average molecular weight is 278 g/mol. The van der Waals surface area contributed by atoms with Crippen molar-refractivity contribution in [3.05, 3.63) is 46.7 Å². The molecule has 2 aromatic rings. The van der Waals surface area contributed by atoms with Crippen LogP contribution in [0.25, 0.3) is 0 Å². The first-order valence-electron chi connectivity index (χ1n) is 5.86. The number of halogens is 1. The van der Waals surface area contributed by atoms with Crippen molar-refractivity contribution in [3.63, 3.8) is 0 Å². The molecule has 98 valence electrons. The van der Waals surface area contributed by atoms with Gasteiger partial charge >= 0.3 is 0 Å². The molecule has 1 aliphatic heterocycles. The first-order valence-corrected chi connectivity index (χ1v) is 6.23. The van der Waals surface area contributed by atoms with Gasteiger partial charge in [-0.3, -0.25) is 4.98 Å². The van der Waals surface area contributed by atoms with Gasteiger partial charge in [0.15, 0.2) is 11.5 Å². The summed E-state index contributed by atoms with van der Waals surface area (Å²) in [5.74, 6) is 1.98. The van der Waals surface area contributed by atoms with E-state index in [4.69, 9.17) is 25.8 Å². The van der Waals surface area contributed by atoms with E-state index in [0.717, 1.165) is 17.0 Å². The molecule has 0 radical (unpaired) electrons. The summed E-state index contributed by atoms with van der Waals surface area (Å²) in [4.78, 5) is 4.17. The van der Waals surface area contributed by atoms with E-state index >= 15 is 0 Å². The van der Waals surface area contributed by atoms with Crippen molar-refractivity contribution in [1.82, 2.24) is 4.98 Å². The lowest BCUT2D eigenvalue weighted by atomic mass is 10.2. The number of pyridine rings is 1. The molecule has 0 atom stereocenters. The van der Waals surface area contributed by atoms with E-state index in [9.17, 15) is 0 Å². The largest absolute Gasteiger partial charge is 0.487 e. The zero-order valence-corrected chi connectivity index (χ0v) is 11.1. The van der Waals surface area contributed by atoms with Gasteiger partial charge in [-0.15, -0.1) is 0 Å². The maximum Gasteiger partial charge on any atom is 0.231 e. The van der Waals surface area contributed by atoms with Crippen molar-refractivity contribution in [3.8, 4) is 17.2 Å². The second-order valence-corrected chi connectivity index (χ2v) is 4.64. The lowest BCUT2D eigenvalue weighted by Crippen LogP contribution is -1.96. The van der Waals surface area contributed by atoms with Crippen LogP contribution in [0, 0.1) is 6.92 Å². The molecule has 0 saturated carbocycles. The fourth-order valence-electron chi connectivity index (χ4n) is 1.81. The molecule has 0 aliphatic carbocycles. The number of benzene rings is 1. The van der Waals surface area contributed by atoms with E-state index in [1.807, 2.05) is 31.2 Å². The Morgan fingerprint density at radius 3 is 3.00 bits per heavy atom. The smallest absolute Gasteiger partial charge is 0.231 e. The van der Waals surface area contributed by atoms with Gasteiger partial charge in [0, 0.05) is 5.69 Å². The number of hydrogen-bond donors (Lipinski definition) is 0. The third-order valence-electron chi connectivity index (χ3n) is 2.78. The Morgan fingerprint density at radius 2 is 2.21 bits per heavy atom. The van der Waals surface area contributed by atoms with Crippen LogP contribution in [0.15, 0.2) is 30.5 Å². The Hall–Kier alpha value is -1.94. The van der Waals surface area contributed by atoms with Crippen LogP contribution in [-0.4, -0.2) is 11.8 Å². The molecular weight excluding hydrogens is 266 g/mol. The van der Waals surface area contributed by atoms with Gasteiger partial charge in [-0.2, -0.15) is 0 Å². The Morgan fingerprint density at radius 1 is 1.32 bits per heavy atom. The van der Waals surface area contributed by atoms with Gasteiger partial charge < -0.3 is 14.2 Å². The zero-order valence-electron chi connectivity index (χ0n) is 10.4. The minimum atomic E-state index is 0.210. The second-order valence-electron chi connectivity index (χ2n) is 4.24. The van der Waals surface area contributed by atoms with Gasteiger partial charge in [0.25, 0.3) is 0 Å². The minimum absolute atomic E-state index is 0.210. The molecule has 0 spiro atoms. The number of aromatic nitrogens is 1. The third kappa shape index (κ3) is 2.58. The predicted octanol–water partition coefficient (Wildman–Crippen LogP) is 3.35. The average Bonchev–Trinajstić information content (AvgIpc) is 2.87. The summed E-state index contributed by atoms with van der Waals surface area (Å²) in [6, 6.07) is 7.48. The molecule has 1 aromatic heterocycles. The number of aryl methyl sites for hydroxylation is 1. The van der Waals surface area contributed by atoms with E-state index in [2.05, 4.69) is 4.98 Å². The van der Waals surface area contributed by atoms with Crippen molar-refractivity contribution in [2.24, 2.45) is 0 Å². The standard InChI is InChI=1S/C14H12ClNO3/c1-9-2-3-11(6-16-9)17-7-10-4-12(15)14-13(5-10)18-8-19-14/h2-6H,7-8H2,1H3. The molecule has 5 heteroatoms. The second kappa shape index (κ2) is 4.97. The van der Waals surface area contributed by atoms with Crippen LogP contribution >= 0.6 is 11.6 Å². The molecule has 19 heavy (non-hydrogen) atoms. The molecular formula is C14H12ClNO3. The fourth-order valence-corrected chi connectivity index (χ4v) is 2.10. The zero-order chi connectivity index (χ0) is 13.2. The highest BCUT2D eigenvalue weighted by atomic mass is 35.5. The number of fused-ring (bicyclic) bond motifs is 1. The molecule has 0 unspecified atom stereocenters. The van der Waals surface area contributed by atoms with E-state index in [-0.39, 0.29) is 6.79 Å². The summed E-state index contributed by atoms with van der Waals surface area (Å²) in [5, 5.41) is 0.538. The van der Waals surface area contributed by atoms with E-state index < -0.39 is 0 Å².